The van der Waals surface area contributed by atoms with Gasteiger partial charge >= 0.3 is 0 Å². The van der Waals surface area contributed by atoms with Gasteiger partial charge in [0, 0.05) is 16.5 Å². The Kier molecular flexibility index (Phi) is 5.09. The third-order valence-electron chi connectivity index (χ3n) is 4.10. The van der Waals surface area contributed by atoms with E-state index in [4.69, 9.17) is 4.74 Å². The first-order valence-electron chi connectivity index (χ1n) is 8.38. The number of hydrogen-bond acceptors (Lipinski definition) is 4. The Morgan fingerprint density at radius 1 is 1.12 bits per heavy atom. The smallest absolute Gasteiger partial charge is 0.257 e. The maximum absolute atomic E-state index is 12.5. The Labute approximate surface area is 157 Å². The molecule has 0 aliphatic carbocycles. The van der Waals surface area contributed by atoms with E-state index >= 15 is 0 Å². The van der Waals surface area contributed by atoms with Crippen LogP contribution in [0.1, 0.15) is 36.7 Å². The number of methoxy groups -OCH3 is 1. The van der Waals surface area contributed by atoms with Gasteiger partial charge in [-0.1, -0.05) is 45.0 Å². The summed E-state index contributed by atoms with van der Waals surface area (Å²) >= 11 is 1.40. The van der Waals surface area contributed by atoms with Crippen LogP contribution in [-0.2, 0) is 5.41 Å². The zero-order valence-corrected chi connectivity index (χ0v) is 16.2. The van der Waals surface area contributed by atoms with Crippen LogP contribution in [0.5, 0.6) is 5.75 Å². The Morgan fingerprint density at radius 2 is 1.85 bits per heavy atom. The highest BCUT2D eigenvalue weighted by atomic mass is 32.1. The number of nitrogens with one attached hydrogen (secondary N) is 1. The molecule has 4 nitrogen and oxygen atoms in total. The molecule has 134 valence electrons. The van der Waals surface area contributed by atoms with Gasteiger partial charge in [-0.15, -0.1) is 11.3 Å². The summed E-state index contributed by atoms with van der Waals surface area (Å²) in [7, 11) is 1.64. The van der Waals surface area contributed by atoms with Crippen molar-refractivity contribution in [1.82, 2.24) is 4.98 Å². The van der Waals surface area contributed by atoms with Crippen LogP contribution in [0.25, 0.3) is 11.3 Å². The van der Waals surface area contributed by atoms with E-state index in [1.54, 1.807) is 7.11 Å². The van der Waals surface area contributed by atoms with Gasteiger partial charge in [-0.2, -0.15) is 0 Å². The van der Waals surface area contributed by atoms with E-state index < -0.39 is 0 Å². The Hall–Kier alpha value is -2.66. The first-order chi connectivity index (χ1) is 12.4. The van der Waals surface area contributed by atoms with Crippen molar-refractivity contribution in [3.63, 3.8) is 0 Å². The number of aromatic nitrogens is 1. The van der Waals surface area contributed by atoms with Crippen LogP contribution in [0.15, 0.2) is 53.9 Å². The molecule has 0 unspecified atom stereocenters. The summed E-state index contributed by atoms with van der Waals surface area (Å²) in [4.78, 5) is 17.0. The summed E-state index contributed by atoms with van der Waals surface area (Å²) in [6, 6.07) is 15.4. The maximum Gasteiger partial charge on any atom is 0.257 e. The molecular weight excluding hydrogens is 344 g/mol. The standard InChI is InChI=1S/C21H22N2O2S/c1-21(2,3)16-10-8-14(9-11-16)19(24)23-20-22-18(13-26-20)15-6-5-7-17(12-15)25-4/h5-13H,1-4H3,(H,22,23,24). The van der Waals surface area contributed by atoms with Crippen molar-refractivity contribution >= 4 is 22.4 Å². The molecule has 3 aromatic rings. The number of anilines is 1. The van der Waals surface area contributed by atoms with E-state index in [0.29, 0.717) is 10.7 Å². The molecule has 5 heteroatoms. The lowest BCUT2D eigenvalue weighted by Crippen LogP contribution is -2.14. The minimum absolute atomic E-state index is 0.0654. The van der Waals surface area contributed by atoms with Gasteiger partial charge in [0.05, 0.1) is 12.8 Å². The predicted molar refractivity (Wildman–Crippen MR) is 107 cm³/mol. The summed E-state index contributed by atoms with van der Waals surface area (Å²) in [5, 5.41) is 5.37. The highest BCUT2D eigenvalue weighted by Crippen LogP contribution is 2.28. The van der Waals surface area contributed by atoms with Crippen LogP contribution in [0.4, 0.5) is 5.13 Å². The van der Waals surface area contributed by atoms with E-state index in [0.717, 1.165) is 17.0 Å². The van der Waals surface area contributed by atoms with Gasteiger partial charge in [0.1, 0.15) is 5.75 Å². The zero-order valence-electron chi connectivity index (χ0n) is 15.4. The van der Waals surface area contributed by atoms with E-state index in [2.05, 4.69) is 31.1 Å². The van der Waals surface area contributed by atoms with Gasteiger partial charge in [0.15, 0.2) is 5.13 Å². The lowest BCUT2D eigenvalue weighted by Gasteiger charge is -2.18. The molecule has 0 saturated heterocycles. The highest BCUT2D eigenvalue weighted by Gasteiger charge is 2.15. The number of amides is 1. The van der Waals surface area contributed by atoms with Crippen LogP contribution < -0.4 is 10.1 Å². The van der Waals surface area contributed by atoms with Crippen LogP contribution in [-0.4, -0.2) is 18.0 Å². The molecular formula is C21H22N2O2S. The number of benzene rings is 2. The lowest BCUT2D eigenvalue weighted by molar-refractivity contribution is 0.102. The number of ether oxygens (including phenoxy) is 1. The second-order valence-corrected chi connectivity index (χ2v) is 7.91. The third-order valence-corrected chi connectivity index (χ3v) is 4.86. The van der Waals surface area contributed by atoms with E-state index in [1.807, 2.05) is 53.9 Å². The molecule has 0 aliphatic heterocycles. The first-order valence-corrected chi connectivity index (χ1v) is 9.26. The minimum atomic E-state index is -0.156. The van der Waals surface area contributed by atoms with E-state index in [-0.39, 0.29) is 11.3 Å². The Balaban J connectivity index is 1.73. The Bertz CT molecular complexity index is 908. The van der Waals surface area contributed by atoms with Gasteiger partial charge in [-0.3, -0.25) is 10.1 Å². The van der Waals surface area contributed by atoms with Crippen molar-refractivity contribution in [2.75, 3.05) is 12.4 Å². The molecule has 0 bridgehead atoms. The maximum atomic E-state index is 12.5. The summed E-state index contributed by atoms with van der Waals surface area (Å²) < 4.78 is 5.24. The SMILES string of the molecule is COc1cccc(-c2csc(NC(=O)c3ccc(C(C)(C)C)cc3)n2)c1. The predicted octanol–water partition coefficient (Wildman–Crippen LogP) is 5.37. The molecule has 0 saturated carbocycles. The fourth-order valence-corrected chi connectivity index (χ4v) is 3.25. The van der Waals surface area contributed by atoms with Crippen molar-refractivity contribution < 1.29 is 9.53 Å². The average molecular weight is 366 g/mol. The largest absolute Gasteiger partial charge is 0.497 e. The topological polar surface area (TPSA) is 51.2 Å². The molecule has 26 heavy (non-hydrogen) atoms. The quantitative estimate of drug-likeness (QED) is 0.675. The summed E-state index contributed by atoms with van der Waals surface area (Å²) in [5.74, 6) is 0.622. The second-order valence-electron chi connectivity index (χ2n) is 7.05. The lowest BCUT2D eigenvalue weighted by atomic mass is 9.87. The molecule has 0 atom stereocenters. The van der Waals surface area contributed by atoms with E-state index in [1.165, 1.54) is 16.9 Å². The van der Waals surface area contributed by atoms with Crippen LogP contribution in [0, 0.1) is 0 Å². The second kappa shape index (κ2) is 7.30. The van der Waals surface area contributed by atoms with Gasteiger partial charge in [0.2, 0.25) is 0 Å². The molecule has 2 aromatic carbocycles. The normalized spacial score (nSPS) is 11.2. The van der Waals surface area contributed by atoms with Gasteiger partial charge in [-0.05, 0) is 35.2 Å². The average Bonchev–Trinajstić information content (AvgIpc) is 3.09. The fourth-order valence-electron chi connectivity index (χ4n) is 2.54. The molecule has 0 radical (unpaired) electrons. The van der Waals surface area contributed by atoms with Crippen molar-refractivity contribution in [2.45, 2.75) is 26.2 Å². The molecule has 1 aromatic heterocycles. The monoisotopic (exact) mass is 366 g/mol. The number of hydrogen-bond donors (Lipinski definition) is 1. The van der Waals surface area contributed by atoms with E-state index in [9.17, 15) is 4.79 Å². The molecule has 3 rings (SSSR count). The third kappa shape index (κ3) is 4.11. The van der Waals surface area contributed by atoms with Crippen LogP contribution >= 0.6 is 11.3 Å². The molecule has 1 heterocycles. The Morgan fingerprint density at radius 3 is 2.50 bits per heavy atom. The zero-order chi connectivity index (χ0) is 18.7. The number of thiazole rings is 1. The molecule has 0 fully saturated rings. The van der Waals surface area contributed by atoms with Crippen molar-refractivity contribution in [3.05, 3.63) is 65.0 Å². The number of carbonyl (C=O) groups is 1. The number of carbonyl (C=O) groups excluding carboxylic acids is 1. The van der Waals surface area contributed by atoms with Gasteiger partial charge < -0.3 is 4.74 Å². The molecule has 1 N–H and O–H groups in total. The van der Waals surface area contributed by atoms with Gasteiger partial charge in [-0.25, -0.2) is 4.98 Å². The first kappa shape index (κ1) is 18.1. The fraction of sp³-hybridized carbons (Fsp3) is 0.238. The van der Waals surface area contributed by atoms with Gasteiger partial charge in [0.25, 0.3) is 5.91 Å². The highest BCUT2D eigenvalue weighted by molar-refractivity contribution is 7.14. The molecule has 0 spiro atoms. The molecule has 0 aliphatic rings. The van der Waals surface area contributed by atoms with Crippen LogP contribution in [0.3, 0.4) is 0 Å². The minimum Gasteiger partial charge on any atom is -0.497 e. The van der Waals surface area contributed by atoms with Crippen molar-refractivity contribution in [1.29, 1.82) is 0 Å². The summed E-state index contributed by atoms with van der Waals surface area (Å²) in [6.45, 7) is 6.45. The molecule has 1 amide bonds. The summed E-state index contributed by atoms with van der Waals surface area (Å²) in [5.41, 5.74) is 3.65. The van der Waals surface area contributed by atoms with Crippen LogP contribution in [0.2, 0.25) is 0 Å². The van der Waals surface area contributed by atoms with Crippen molar-refractivity contribution in [2.24, 2.45) is 0 Å². The number of rotatable bonds is 4. The van der Waals surface area contributed by atoms with Crippen molar-refractivity contribution in [3.8, 4) is 17.0 Å². The number of nitrogens with zero attached hydrogens (tertiary/aromatic N) is 1. The summed E-state index contributed by atoms with van der Waals surface area (Å²) in [6.07, 6.45) is 0.